The SMILES string of the molecule is O=C1CCCC1C1CCCN1S(=O)(=O)NC1CC1. The van der Waals surface area contributed by atoms with E-state index in [0.29, 0.717) is 13.0 Å². The number of carbonyl (C=O) groups is 1. The summed E-state index contributed by atoms with van der Waals surface area (Å²) in [5.41, 5.74) is 0. The molecule has 2 unspecified atom stereocenters. The van der Waals surface area contributed by atoms with Crippen LogP contribution in [-0.4, -0.2) is 37.1 Å². The Bertz CT molecular complexity index is 444. The maximum absolute atomic E-state index is 12.3. The predicted molar refractivity (Wildman–Crippen MR) is 67.2 cm³/mol. The molecule has 0 spiro atoms. The van der Waals surface area contributed by atoms with Crippen molar-refractivity contribution in [3.05, 3.63) is 0 Å². The first-order valence-corrected chi connectivity index (χ1v) is 8.34. The standard InChI is InChI=1S/C12H20N2O3S/c15-12-5-1-3-10(12)11-4-2-8-14(11)18(16,17)13-9-6-7-9/h9-11,13H,1-8H2. The Kier molecular flexibility index (Phi) is 3.20. The number of rotatable bonds is 4. The molecule has 2 aliphatic carbocycles. The minimum Gasteiger partial charge on any atom is -0.299 e. The molecule has 3 aliphatic rings. The van der Waals surface area contributed by atoms with Gasteiger partial charge in [-0.1, -0.05) is 0 Å². The monoisotopic (exact) mass is 272 g/mol. The van der Waals surface area contributed by atoms with Crippen LogP contribution in [0.25, 0.3) is 0 Å². The van der Waals surface area contributed by atoms with Gasteiger partial charge in [0, 0.05) is 31.0 Å². The molecule has 1 saturated heterocycles. The second-order valence-electron chi connectivity index (χ2n) is 5.68. The minimum absolute atomic E-state index is 0.0525. The fourth-order valence-corrected chi connectivity index (χ4v) is 4.97. The molecule has 0 aromatic heterocycles. The Balaban J connectivity index is 1.75. The maximum Gasteiger partial charge on any atom is 0.279 e. The van der Waals surface area contributed by atoms with Gasteiger partial charge in [0.25, 0.3) is 10.2 Å². The molecule has 0 amide bonds. The van der Waals surface area contributed by atoms with E-state index in [1.807, 2.05) is 0 Å². The van der Waals surface area contributed by atoms with Crippen LogP contribution in [0.15, 0.2) is 0 Å². The zero-order valence-corrected chi connectivity index (χ0v) is 11.3. The molecule has 102 valence electrons. The smallest absolute Gasteiger partial charge is 0.279 e. The Hall–Kier alpha value is -0.460. The van der Waals surface area contributed by atoms with Gasteiger partial charge in [0.15, 0.2) is 0 Å². The van der Waals surface area contributed by atoms with Gasteiger partial charge in [-0.15, -0.1) is 0 Å². The van der Waals surface area contributed by atoms with Gasteiger partial charge in [0.2, 0.25) is 0 Å². The second-order valence-corrected chi connectivity index (χ2v) is 7.34. The molecule has 2 atom stereocenters. The lowest BCUT2D eigenvalue weighted by Gasteiger charge is -2.27. The van der Waals surface area contributed by atoms with Crippen molar-refractivity contribution in [1.82, 2.24) is 9.03 Å². The van der Waals surface area contributed by atoms with Gasteiger partial charge in [-0.3, -0.25) is 4.79 Å². The van der Waals surface area contributed by atoms with Crippen LogP contribution in [-0.2, 0) is 15.0 Å². The fraction of sp³-hybridized carbons (Fsp3) is 0.917. The first-order valence-electron chi connectivity index (χ1n) is 6.90. The topological polar surface area (TPSA) is 66.5 Å². The number of ketones is 1. The molecule has 1 aliphatic heterocycles. The molecule has 0 aromatic rings. The lowest BCUT2D eigenvalue weighted by atomic mass is 9.96. The molecule has 5 nitrogen and oxygen atoms in total. The van der Waals surface area contributed by atoms with E-state index >= 15 is 0 Å². The highest BCUT2D eigenvalue weighted by Crippen LogP contribution is 2.35. The van der Waals surface area contributed by atoms with Gasteiger partial charge in [0.05, 0.1) is 0 Å². The minimum atomic E-state index is -3.38. The molecular formula is C12H20N2O3S. The van der Waals surface area contributed by atoms with Gasteiger partial charge in [-0.25, -0.2) is 0 Å². The lowest BCUT2D eigenvalue weighted by Crippen LogP contribution is -2.47. The van der Waals surface area contributed by atoms with E-state index in [9.17, 15) is 13.2 Å². The molecule has 2 saturated carbocycles. The zero-order chi connectivity index (χ0) is 12.8. The third-order valence-corrected chi connectivity index (χ3v) is 5.97. The summed E-state index contributed by atoms with van der Waals surface area (Å²) in [6.45, 7) is 0.566. The average molecular weight is 272 g/mol. The lowest BCUT2D eigenvalue weighted by molar-refractivity contribution is -0.121. The van der Waals surface area contributed by atoms with Crippen LogP contribution in [0.3, 0.4) is 0 Å². The highest BCUT2D eigenvalue weighted by atomic mass is 32.2. The van der Waals surface area contributed by atoms with E-state index in [0.717, 1.165) is 38.5 Å². The highest BCUT2D eigenvalue weighted by Gasteiger charge is 2.44. The average Bonchev–Trinajstić information content (AvgIpc) is 2.80. The van der Waals surface area contributed by atoms with Gasteiger partial charge in [0.1, 0.15) is 5.78 Å². The van der Waals surface area contributed by atoms with Crippen molar-refractivity contribution in [3.63, 3.8) is 0 Å². The second kappa shape index (κ2) is 4.58. The summed E-state index contributed by atoms with van der Waals surface area (Å²) in [5, 5.41) is 0. The van der Waals surface area contributed by atoms with Crippen molar-refractivity contribution in [2.45, 2.75) is 57.0 Å². The van der Waals surface area contributed by atoms with Crippen LogP contribution in [0.2, 0.25) is 0 Å². The van der Waals surface area contributed by atoms with Crippen molar-refractivity contribution in [3.8, 4) is 0 Å². The van der Waals surface area contributed by atoms with E-state index in [2.05, 4.69) is 4.72 Å². The highest BCUT2D eigenvalue weighted by molar-refractivity contribution is 7.87. The van der Waals surface area contributed by atoms with Gasteiger partial charge in [-0.2, -0.15) is 17.4 Å². The Labute approximate surface area is 108 Å². The number of carbonyl (C=O) groups excluding carboxylic acids is 1. The van der Waals surface area contributed by atoms with E-state index in [4.69, 9.17) is 0 Å². The van der Waals surface area contributed by atoms with E-state index in [1.54, 1.807) is 4.31 Å². The Morgan fingerprint density at radius 1 is 1.11 bits per heavy atom. The van der Waals surface area contributed by atoms with Gasteiger partial charge < -0.3 is 0 Å². The summed E-state index contributed by atoms with van der Waals surface area (Å²) in [7, 11) is -3.38. The maximum atomic E-state index is 12.3. The quantitative estimate of drug-likeness (QED) is 0.824. The molecule has 0 bridgehead atoms. The molecule has 1 heterocycles. The van der Waals surface area contributed by atoms with Crippen LogP contribution in [0.4, 0.5) is 0 Å². The number of nitrogens with zero attached hydrogens (tertiary/aromatic N) is 1. The van der Waals surface area contributed by atoms with Crippen molar-refractivity contribution < 1.29 is 13.2 Å². The number of hydrogen-bond donors (Lipinski definition) is 1. The predicted octanol–water partition coefficient (Wildman–Crippen LogP) is 0.817. The molecule has 0 radical (unpaired) electrons. The van der Waals surface area contributed by atoms with Crippen LogP contribution in [0, 0.1) is 5.92 Å². The number of Topliss-reactive ketones (excluding diaryl/α,β-unsaturated/α-hetero) is 1. The van der Waals surface area contributed by atoms with Crippen molar-refractivity contribution in [2.24, 2.45) is 5.92 Å². The zero-order valence-electron chi connectivity index (χ0n) is 10.5. The van der Waals surface area contributed by atoms with E-state index in [1.165, 1.54) is 0 Å². The Morgan fingerprint density at radius 2 is 1.89 bits per heavy atom. The summed E-state index contributed by atoms with van der Waals surface area (Å²) >= 11 is 0. The molecule has 18 heavy (non-hydrogen) atoms. The van der Waals surface area contributed by atoms with Crippen LogP contribution in [0.1, 0.15) is 44.9 Å². The summed E-state index contributed by atoms with van der Waals surface area (Å²) in [5.74, 6) is 0.205. The van der Waals surface area contributed by atoms with E-state index in [-0.39, 0.29) is 23.8 Å². The third-order valence-electron chi connectivity index (χ3n) is 4.27. The largest absolute Gasteiger partial charge is 0.299 e. The summed E-state index contributed by atoms with van der Waals surface area (Å²) in [6.07, 6.45) is 6.01. The normalized spacial score (nSPS) is 34.3. The van der Waals surface area contributed by atoms with Crippen molar-refractivity contribution >= 4 is 16.0 Å². The molecule has 6 heteroatoms. The summed E-state index contributed by atoms with van der Waals surface area (Å²) in [4.78, 5) is 11.8. The van der Waals surface area contributed by atoms with Crippen molar-refractivity contribution in [2.75, 3.05) is 6.54 Å². The van der Waals surface area contributed by atoms with Gasteiger partial charge >= 0.3 is 0 Å². The third kappa shape index (κ3) is 2.33. The van der Waals surface area contributed by atoms with E-state index < -0.39 is 10.2 Å². The molecule has 0 aromatic carbocycles. The van der Waals surface area contributed by atoms with Crippen LogP contribution >= 0.6 is 0 Å². The number of hydrogen-bond acceptors (Lipinski definition) is 3. The molecular weight excluding hydrogens is 252 g/mol. The fourth-order valence-electron chi connectivity index (χ4n) is 3.20. The Morgan fingerprint density at radius 3 is 2.50 bits per heavy atom. The first-order chi connectivity index (χ1) is 8.58. The molecule has 3 rings (SSSR count). The van der Waals surface area contributed by atoms with Crippen LogP contribution in [0.5, 0.6) is 0 Å². The summed E-state index contributed by atoms with van der Waals surface area (Å²) in [6, 6.07) is 0.0479. The number of nitrogens with one attached hydrogen (secondary N) is 1. The molecule has 1 N–H and O–H groups in total. The van der Waals surface area contributed by atoms with Crippen molar-refractivity contribution in [1.29, 1.82) is 0 Å². The van der Waals surface area contributed by atoms with Crippen LogP contribution < -0.4 is 4.72 Å². The first kappa shape index (κ1) is 12.6. The molecule has 3 fully saturated rings. The van der Waals surface area contributed by atoms with Gasteiger partial charge in [-0.05, 0) is 38.5 Å². The summed E-state index contributed by atoms with van der Waals surface area (Å²) < 4.78 is 28.8.